The predicted molar refractivity (Wildman–Crippen MR) is 77.4 cm³/mol. The zero-order chi connectivity index (χ0) is 13.7. The first-order valence-electron chi connectivity index (χ1n) is 6.53. The molecule has 0 unspecified atom stereocenters. The van der Waals surface area contributed by atoms with Gasteiger partial charge in [-0.1, -0.05) is 12.1 Å². The molecule has 100 valence electrons. The number of nitrogens with one attached hydrogen (secondary N) is 1. The molecule has 0 bridgehead atoms. The molecule has 0 aliphatic carbocycles. The van der Waals surface area contributed by atoms with Crippen molar-refractivity contribution in [2.24, 2.45) is 0 Å². The van der Waals surface area contributed by atoms with Crippen LogP contribution in [0, 0.1) is 0 Å². The molecule has 0 radical (unpaired) electrons. The topological polar surface area (TPSA) is 47.0 Å². The van der Waals surface area contributed by atoms with Gasteiger partial charge in [-0.05, 0) is 39.0 Å². The minimum absolute atomic E-state index is 0.135. The zero-order valence-electron chi connectivity index (χ0n) is 11.6. The van der Waals surface area contributed by atoms with Crippen molar-refractivity contribution in [3.63, 3.8) is 0 Å². The summed E-state index contributed by atoms with van der Waals surface area (Å²) in [5, 5.41) is 3.11. The highest BCUT2D eigenvalue weighted by Crippen LogP contribution is 2.29. The maximum atomic E-state index is 5.82. The molecule has 1 aromatic heterocycles. The zero-order valence-corrected chi connectivity index (χ0v) is 11.6. The van der Waals surface area contributed by atoms with E-state index in [9.17, 15) is 0 Å². The number of aromatic nitrogens is 2. The summed E-state index contributed by atoms with van der Waals surface area (Å²) in [5.41, 5.74) is 1.85. The first-order chi connectivity index (χ1) is 9.20. The van der Waals surface area contributed by atoms with Crippen LogP contribution in [-0.2, 0) is 0 Å². The minimum Gasteiger partial charge on any atom is -0.490 e. The van der Waals surface area contributed by atoms with Crippen molar-refractivity contribution in [2.75, 3.05) is 11.9 Å². The number of hydrogen-bond donors (Lipinski definition) is 1. The van der Waals surface area contributed by atoms with E-state index < -0.39 is 0 Å². The van der Waals surface area contributed by atoms with E-state index >= 15 is 0 Å². The highest BCUT2D eigenvalue weighted by molar-refractivity contribution is 5.67. The summed E-state index contributed by atoms with van der Waals surface area (Å²) in [6, 6.07) is 9.81. The number of rotatable bonds is 5. The first kappa shape index (κ1) is 13.3. The number of para-hydroxylation sites is 1. The van der Waals surface area contributed by atoms with Crippen molar-refractivity contribution in [3.8, 4) is 17.0 Å². The Morgan fingerprint density at radius 2 is 2.00 bits per heavy atom. The maximum absolute atomic E-state index is 5.82. The lowest BCUT2D eigenvalue weighted by Gasteiger charge is -2.14. The van der Waals surface area contributed by atoms with Gasteiger partial charge in [0.2, 0.25) is 5.95 Å². The molecule has 0 fully saturated rings. The number of hydrogen-bond acceptors (Lipinski definition) is 4. The lowest BCUT2D eigenvalue weighted by molar-refractivity contribution is 0.243. The second-order valence-electron chi connectivity index (χ2n) is 4.46. The summed E-state index contributed by atoms with van der Waals surface area (Å²) < 4.78 is 5.82. The molecular weight excluding hydrogens is 238 g/mol. The van der Waals surface area contributed by atoms with Gasteiger partial charge in [-0.25, -0.2) is 9.97 Å². The average Bonchev–Trinajstić information content (AvgIpc) is 2.39. The molecule has 0 saturated carbocycles. The van der Waals surface area contributed by atoms with Crippen molar-refractivity contribution in [1.82, 2.24) is 9.97 Å². The van der Waals surface area contributed by atoms with Gasteiger partial charge in [0.25, 0.3) is 0 Å². The van der Waals surface area contributed by atoms with Gasteiger partial charge >= 0.3 is 0 Å². The fourth-order valence-corrected chi connectivity index (χ4v) is 1.79. The van der Waals surface area contributed by atoms with E-state index in [1.54, 1.807) is 6.20 Å². The standard InChI is InChI=1S/C15H19N3O/c1-4-16-15-17-10-9-13(18-15)12-7-5-6-8-14(12)19-11(2)3/h5-11H,4H2,1-3H3,(H,16,17,18). The third-order valence-electron chi connectivity index (χ3n) is 2.52. The number of anilines is 1. The fourth-order valence-electron chi connectivity index (χ4n) is 1.79. The Morgan fingerprint density at radius 3 is 2.74 bits per heavy atom. The van der Waals surface area contributed by atoms with Crippen molar-refractivity contribution < 1.29 is 4.74 Å². The molecular formula is C15H19N3O. The Balaban J connectivity index is 2.37. The van der Waals surface area contributed by atoms with E-state index in [0.29, 0.717) is 5.95 Å². The van der Waals surface area contributed by atoms with Crippen LogP contribution in [-0.4, -0.2) is 22.6 Å². The second-order valence-corrected chi connectivity index (χ2v) is 4.46. The van der Waals surface area contributed by atoms with E-state index in [1.165, 1.54) is 0 Å². The molecule has 4 heteroatoms. The minimum atomic E-state index is 0.135. The fraction of sp³-hybridized carbons (Fsp3) is 0.333. The summed E-state index contributed by atoms with van der Waals surface area (Å²) >= 11 is 0. The third kappa shape index (κ3) is 3.44. The van der Waals surface area contributed by atoms with Gasteiger partial charge in [0.05, 0.1) is 11.8 Å². The van der Waals surface area contributed by atoms with E-state index in [2.05, 4.69) is 15.3 Å². The Hall–Kier alpha value is -2.10. The van der Waals surface area contributed by atoms with Gasteiger partial charge in [-0.3, -0.25) is 0 Å². The molecule has 1 N–H and O–H groups in total. The molecule has 4 nitrogen and oxygen atoms in total. The Kier molecular flexibility index (Phi) is 4.34. The highest BCUT2D eigenvalue weighted by Gasteiger charge is 2.09. The van der Waals surface area contributed by atoms with Crippen LogP contribution in [0.5, 0.6) is 5.75 Å². The van der Waals surface area contributed by atoms with Crippen LogP contribution in [0.25, 0.3) is 11.3 Å². The first-order valence-corrected chi connectivity index (χ1v) is 6.53. The third-order valence-corrected chi connectivity index (χ3v) is 2.52. The molecule has 0 atom stereocenters. The summed E-state index contributed by atoms with van der Waals surface area (Å²) in [5.74, 6) is 1.48. The van der Waals surface area contributed by atoms with Crippen LogP contribution in [0.1, 0.15) is 20.8 Å². The Bertz CT molecular complexity index is 540. The predicted octanol–water partition coefficient (Wildman–Crippen LogP) is 3.36. The summed E-state index contributed by atoms with van der Waals surface area (Å²) in [4.78, 5) is 8.68. The van der Waals surface area contributed by atoms with Gasteiger partial charge in [0.1, 0.15) is 5.75 Å². The normalized spacial score (nSPS) is 10.5. The second kappa shape index (κ2) is 6.18. The lowest BCUT2D eigenvalue weighted by atomic mass is 10.1. The molecule has 0 aliphatic rings. The van der Waals surface area contributed by atoms with E-state index in [0.717, 1.165) is 23.6 Å². The van der Waals surface area contributed by atoms with E-state index in [-0.39, 0.29) is 6.10 Å². The largest absolute Gasteiger partial charge is 0.490 e. The van der Waals surface area contributed by atoms with Crippen LogP contribution in [0.3, 0.4) is 0 Å². The molecule has 0 aliphatic heterocycles. The molecule has 0 amide bonds. The molecule has 1 aromatic carbocycles. The Morgan fingerprint density at radius 1 is 1.21 bits per heavy atom. The summed E-state index contributed by atoms with van der Waals surface area (Å²) in [6.07, 6.45) is 1.89. The van der Waals surface area contributed by atoms with Crippen molar-refractivity contribution in [3.05, 3.63) is 36.5 Å². The SMILES string of the molecule is CCNc1nccc(-c2ccccc2OC(C)C)n1. The van der Waals surface area contributed by atoms with E-state index in [4.69, 9.17) is 4.74 Å². The quantitative estimate of drug-likeness (QED) is 0.892. The molecule has 19 heavy (non-hydrogen) atoms. The van der Waals surface area contributed by atoms with Gasteiger partial charge in [0, 0.05) is 18.3 Å². The molecule has 0 spiro atoms. The smallest absolute Gasteiger partial charge is 0.223 e. The molecule has 2 rings (SSSR count). The van der Waals surface area contributed by atoms with Crippen molar-refractivity contribution in [1.29, 1.82) is 0 Å². The van der Waals surface area contributed by atoms with Gasteiger partial charge < -0.3 is 10.1 Å². The molecule has 0 saturated heterocycles. The van der Waals surface area contributed by atoms with Gasteiger partial charge in [-0.15, -0.1) is 0 Å². The highest BCUT2D eigenvalue weighted by atomic mass is 16.5. The van der Waals surface area contributed by atoms with E-state index in [1.807, 2.05) is 51.1 Å². The van der Waals surface area contributed by atoms with Crippen LogP contribution in [0.4, 0.5) is 5.95 Å². The number of benzene rings is 1. The molecule has 1 heterocycles. The molecule has 2 aromatic rings. The number of ether oxygens (including phenoxy) is 1. The maximum Gasteiger partial charge on any atom is 0.223 e. The van der Waals surface area contributed by atoms with Gasteiger partial charge in [0.15, 0.2) is 0 Å². The van der Waals surface area contributed by atoms with Crippen LogP contribution < -0.4 is 10.1 Å². The van der Waals surface area contributed by atoms with Crippen LogP contribution in [0.2, 0.25) is 0 Å². The van der Waals surface area contributed by atoms with Gasteiger partial charge in [-0.2, -0.15) is 0 Å². The van der Waals surface area contributed by atoms with Crippen molar-refractivity contribution >= 4 is 5.95 Å². The van der Waals surface area contributed by atoms with Crippen LogP contribution >= 0.6 is 0 Å². The number of nitrogens with zero attached hydrogens (tertiary/aromatic N) is 2. The Labute approximate surface area is 113 Å². The monoisotopic (exact) mass is 257 g/mol. The van der Waals surface area contributed by atoms with Crippen LogP contribution in [0.15, 0.2) is 36.5 Å². The lowest BCUT2D eigenvalue weighted by Crippen LogP contribution is -2.07. The summed E-state index contributed by atoms with van der Waals surface area (Å²) in [7, 11) is 0. The average molecular weight is 257 g/mol. The van der Waals surface area contributed by atoms with Crippen molar-refractivity contribution in [2.45, 2.75) is 26.9 Å². The summed E-state index contributed by atoms with van der Waals surface area (Å²) in [6.45, 7) is 6.85.